The highest BCUT2D eigenvalue weighted by Crippen LogP contribution is 2.19. The lowest BCUT2D eigenvalue weighted by Crippen LogP contribution is -2.30. The molecular weight excluding hydrogens is 392 g/mol. The van der Waals surface area contributed by atoms with E-state index in [-0.39, 0.29) is 18.4 Å². The van der Waals surface area contributed by atoms with Crippen molar-refractivity contribution in [3.63, 3.8) is 0 Å². The van der Waals surface area contributed by atoms with E-state index in [4.69, 9.17) is 5.73 Å². The van der Waals surface area contributed by atoms with Gasteiger partial charge < -0.3 is 21.3 Å². The van der Waals surface area contributed by atoms with Crippen LogP contribution in [0.1, 0.15) is 27.6 Å². The van der Waals surface area contributed by atoms with Crippen LogP contribution in [-0.2, 0) is 4.79 Å². The van der Waals surface area contributed by atoms with E-state index in [9.17, 15) is 14.4 Å². The molecule has 0 aliphatic heterocycles. The topological polar surface area (TPSA) is 105 Å². The molecule has 3 rings (SSSR count). The molecule has 0 heterocycles. The Balaban J connectivity index is 1.67. The van der Waals surface area contributed by atoms with Crippen LogP contribution < -0.4 is 21.3 Å². The Morgan fingerprint density at radius 1 is 0.903 bits per heavy atom. The molecule has 0 unspecified atom stereocenters. The summed E-state index contributed by atoms with van der Waals surface area (Å²) in [6, 6.07) is 22.9. The Hall–Kier alpha value is -4.13. The van der Waals surface area contributed by atoms with E-state index in [0.717, 1.165) is 5.69 Å². The zero-order valence-corrected chi connectivity index (χ0v) is 17.2. The van der Waals surface area contributed by atoms with E-state index in [0.29, 0.717) is 29.0 Å². The van der Waals surface area contributed by atoms with Gasteiger partial charge in [0.1, 0.15) is 0 Å². The number of anilines is 3. The SMILES string of the molecule is CCN(C(=O)c1cccc(NC(=O)CNc2ccccc2C(N)=O)c1)c1ccccc1. The van der Waals surface area contributed by atoms with Gasteiger partial charge in [-0.05, 0) is 49.4 Å². The average molecular weight is 416 g/mol. The Morgan fingerprint density at radius 3 is 2.32 bits per heavy atom. The van der Waals surface area contributed by atoms with Gasteiger partial charge in [0.15, 0.2) is 0 Å². The van der Waals surface area contributed by atoms with Gasteiger partial charge >= 0.3 is 0 Å². The van der Waals surface area contributed by atoms with Gasteiger partial charge in [-0.25, -0.2) is 0 Å². The van der Waals surface area contributed by atoms with Crippen LogP contribution in [0.5, 0.6) is 0 Å². The minimum atomic E-state index is -0.575. The van der Waals surface area contributed by atoms with Gasteiger partial charge in [0, 0.05) is 29.2 Å². The molecule has 0 fully saturated rings. The van der Waals surface area contributed by atoms with Crippen molar-refractivity contribution in [3.8, 4) is 0 Å². The van der Waals surface area contributed by atoms with Crippen molar-refractivity contribution in [1.29, 1.82) is 0 Å². The zero-order chi connectivity index (χ0) is 22.2. The number of carbonyl (C=O) groups is 3. The van der Waals surface area contributed by atoms with E-state index in [2.05, 4.69) is 10.6 Å². The van der Waals surface area contributed by atoms with E-state index >= 15 is 0 Å². The lowest BCUT2D eigenvalue weighted by atomic mass is 10.1. The highest BCUT2D eigenvalue weighted by molar-refractivity contribution is 6.07. The summed E-state index contributed by atoms with van der Waals surface area (Å²) in [4.78, 5) is 38.5. The molecule has 0 aliphatic rings. The second kappa shape index (κ2) is 10.1. The van der Waals surface area contributed by atoms with E-state index in [1.54, 1.807) is 53.4 Å². The third-order valence-corrected chi connectivity index (χ3v) is 4.65. The first kappa shape index (κ1) is 21.6. The van der Waals surface area contributed by atoms with Crippen LogP contribution in [0.25, 0.3) is 0 Å². The second-order valence-corrected chi connectivity index (χ2v) is 6.78. The molecule has 0 saturated carbocycles. The predicted molar refractivity (Wildman–Crippen MR) is 122 cm³/mol. The fourth-order valence-corrected chi connectivity index (χ4v) is 3.17. The number of carbonyl (C=O) groups excluding carboxylic acids is 3. The van der Waals surface area contributed by atoms with Gasteiger partial charge in [0.05, 0.1) is 12.1 Å². The van der Waals surface area contributed by atoms with Crippen molar-refractivity contribution in [3.05, 3.63) is 90.0 Å². The number of nitrogens with two attached hydrogens (primary N) is 1. The van der Waals surface area contributed by atoms with Gasteiger partial charge in [-0.1, -0.05) is 36.4 Å². The summed E-state index contributed by atoms with van der Waals surface area (Å²) in [6.45, 7) is 2.36. The third-order valence-electron chi connectivity index (χ3n) is 4.65. The Morgan fingerprint density at radius 2 is 1.61 bits per heavy atom. The van der Waals surface area contributed by atoms with Crippen LogP contribution in [0.15, 0.2) is 78.9 Å². The second-order valence-electron chi connectivity index (χ2n) is 6.78. The summed E-state index contributed by atoms with van der Waals surface area (Å²) in [5.74, 6) is -1.05. The van der Waals surface area contributed by atoms with Crippen LogP contribution in [0.4, 0.5) is 17.1 Å². The number of nitrogens with one attached hydrogen (secondary N) is 2. The molecule has 7 nitrogen and oxygen atoms in total. The quantitative estimate of drug-likeness (QED) is 0.523. The van der Waals surface area contributed by atoms with E-state index in [1.165, 1.54) is 0 Å². The van der Waals surface area contributed by atoms with Gasteiger partial charge in [-0.15, -0.1) is 0 Å². The van der Waals surface area contributed by atoms with Crippen molar-refractivity contribution in [2.45, 2.75) is 6.92 Å². The van der Waals surface area contributed by atoms with Crippen LogP contribution in [0, 0.1) is 0 Å². The lowest BCUT2D eigenvalue weighted by molar-refractivity contribution is -0.114. The molecule has 158 valence electrons. The number of rotatable bonds is 8. The maximum absolute atomic E-state index is 13.0. The summed E-state index contributed by atoms with van der Waals surface area (Å²) >= 11 is 0. The summed E-state index contributed by atoms with van der Waals surface area (Å²) in [6.07, 6.45) is 0. The maximum Gasteiger partial charge on any atom is 0.258 e. The predicted octanol–water partition coefficient (Wildman–Crippen LogP) is 3.50. The molecule has 0 aliphatic carbocycles. The largest absolute Gasteiger partial charge is 0.376 e. The standard InChI is InChI=1S/C24H24N4O3/c1-2-28(19-11-4-3-5-12-19)24(31)17-9-8-10-18(15-17)27-22(29)16-26-21-14-7-6-13-20(21)23(25)30/h3-15,26H,2,16H2,1H3,(H2,25,30)(H,27,29). The molecule has 3 amide bonds. The number of hydrogen-bond acceptors (Lipinski definition) is 4. The molecule has 4 N–H and O–H groups in total. The van der Waals surface area contributed by atoms with Crippen molar-refractivity contribution >= 4 is 34.8 Å². The number of para-hydroxylation sites is 2. The lowest BCUT2D eigenvalue weighted by Gasteiger charge is -2.21. The number of primary amides is 1. The van der Waals surface area contributed by atoms with Gasteiger partial charge in [-0.2, -0.15) is 0 Å². The molecule has 0 radical (unpaired) electrons. The smallest absolute Gasteiger partial charge is 0.258 e. The molecule has 0 aromatic heterocycles. The summed E-state index contributed by atoms with van der Waals surface area (Å²) in [5.41, 5.74) is 7.92. The fourth-order valence-electron chi connectivity index (χ4n) is 3.17. The molecule has 0 bridgehead atoms. The van der Waals surface area contributed by atoms with Crippen LogP contribution in [0.2, 0.25) is 0 Å². The summed E-state index contributed by atoms with van der Waals surface area (Å²) in [7, 11) is 0. The normalized spacial score (nSPS) is 10.2. The fraction of sp³-hybridized carbons (Fsp3) is 0.125. The van der Waals surface area contributed by atoms with E-state index < -0.39 is 5.91 Å². The molecule has 0 atom stereocenters. The van der Waals surface area contributed by atoms with Crippen LogP contribution >= 0.6 is 0 Å². The highest BCUT2D eigenvalue weighted by atomic mass is 16.2. The first-order valence-corrected chi connectivity index (χ1v) is 9.89. The van der Waals surface area contributed by atoms with Gasteiger partial charge in [-0.3, -0.25) is 14.4 Å². The maximum atomic E-state index is 13.0. The van der Waals surface area contributed by atoms with Crippen molar-refractivity contribution in [2.24, 2.45) is 5.73 Å². The molecule has 7 heteroatoms. The third kappa shape index (κ3) is 5.48. The van der Waals surface area contributed by atoms with Crippen molar-refractivity contribution < 1.29 is 14.4 Å². The number of benzene rings is 3. The molecule has 0 spiro atoms. The minimum absolute atomic E-state index is 0.0619. The Labute approximate surface area is 180 Å². The monoisotopic (exact) mass is 416 g/mol. The number of hydrogen-bond donors (Lipinski definition) is 3. The van der Waals surface area contributed by atoms with Gasteiger partial charge in [0.25, 0.3) is 11.8 Å². The number of amides is 3. The first-order chi connectivity index (χ1) is 15.0. The van der Waals surface area contributed by atoms with Crippen molar-refractivity contribution in [2.75, 3.05) is 28.6 Å². The molecule has 0 saturated heterocycles. The molecule has 3 aromatic rings. The molecule has 3 aromatic carbocycles. The number of nitrogens with zero attached hydrogens (tertiary/aromatic N) is 1. The highest BCUT2D eigenvalue weighted by Gasteiger charge is 2.16. The first-order valence-electron chi connectivity index (χ1n) is 9.89. The molecular formula is C24H24N4O3. The molecule has 31 heavy (non-hydrogen) atoms. The summed E-state index contributed by atoms with van der Waals surface area (Å²) in [5, 5.41) is 5.68. The van der Waals surface area contributed by atoms with Crippen LogP contribution in [0.3, 0.4) is 0 Å². The van der Waals surface area contributed by atoms with Gasteiger partial charge in [0.2, 0.25) is 5.91 Å². The minimum Gasteiger partial charge on any atom is -0.376 e. The van der Waals surface area contributed by atoms with Crippen molar-refractivity contribution in [1.82, 2.24) is 0 Å². The Bertz CT molecular complexity index is 1080. The van der Waals surface area contributed by atoms with Crippen LogP contribution in [-0.4, -0.2) is 30.8 Å². The summed E-state index contributed by atoms with van der Waals surface area (Å²) < 4.78 is 0. The Kier molecular flexibility index (Phi) is 7.01. The average Bonchev–Trinajstić information content (AvgIpc) is 2.79. The van der Waals surface area contributed by atoms with E-state index in [1.807, 2.05) is 37.3 Å². The zero-order valence-electron chi connectivity index (χ0n) is 17.2.